The molecule has 1 saturated heterocycles. The number of ether oxygens (including phenoxy) is 1. The molecular formula is C21H22F3N5O3. The van der Waals surface area contributed by atoms with Crippen LogP contribution in [0.3, 0.4) is 0 Å². The van der Waals surface area contributed by atoms with Crippen LogP contribution >= 0.6 is 0 Å². The van der Waals surface area contributed by atoms with Crippen molar-refractivity contribution < 1.29 is 22.7 Å². The number of rotatable bonds is 6. The van der Waals surface area contributed by atoms with Gasteiger partial charge in [-0.3, -0.25) is 19.1 Å². The van der Waals surface area contributed by atoms with Gasteiger partial charge in [0.1, 0.15) is 11.9 Å². The molecule has 0 aromatic carbocycles. The van der Waals surface area contributed by atoms with E-state index >= 15 is 0 Å². The monoisotopic (exact) mass is 449 g/mol. The molecule has 0 radical (unpaired) electrons. The van der Waals surface area contributed by atoms with Gasteiger partial charge in [-0.25, -0.2) is 0 Å². The number of carbonyl (C=O) groups excluding carboxylic acids is 1. The summed E-state index contributed by atoms with van der Waals surface area (Å²) in [6, 6.07) is 2.39. The van der Waals surface area contributed by atoms with Crippen molar-refractivity contribution >= 4 is 17.5 Å². The second-order valence-electron chi connectivity index (χ2n) is 8.48. The van der Waals surface area contributed by atoms with Gasteiger partial charge >= 0.3 is 6.18 Å². The maximum atomic E-state index is 13.8. The molecule has 4 heterocycles. The normalized spacial score (nSPS) is 26.4. The molecule has 3 aliphatic rings. The van der Waals surface area contributed by atoms with Crippen molar-refractivity contribution in [2.24, 2.45) is 11.8 Å². The third-order valence-corrected chi connectivity index (χ3v) is 6.39. The summed E-state index contributed by atoms with van der Waals surface area (Å²) in [5.74, 6) is 0.556. The molecule has 2 aromatic heterocycles. The summed E-state index contributed by atoms with van der Waals surface area (Å²) in [5.41, 5.74) is -0.270. The minimum atomic E-state index is -4.58. The number of fused-ring (bicyclic) bond motifs is 2. The fourth-order valence-corrected chi connectivity index (χ4v) is 4.56. The molecule has 8 nitrogen and oxygen atoms in total. The first-order valence-electron chi connectivity index (χ1n) is 10.5. The second kappa shape index (κ2) is 7.88. The van der Waals surface area contributed by atoms with E-state index in [4.69, 9.17) is 4.74 Å². The fraction of sp³-hybridized carbons (Fsp3) is 0.524. The first-order valence-corrected chi connectivity index (χ1v) is 10.5. The number of Topliss-reactive ketones (excluding diaryl/α,β-unsaturated/α-hetero) is 1. The van der Waals surface area contributed by atoms with Crippen LogP contribution in [0.15, 0.2) is 35.4 Å². The quantitative estimate of drug-likeness (QED) is 0.676. The van der Waals surface area contributed by atoms with Gasteiger partial charge in [-0.15, -0.1) is 0 Å². The van der Waals surface area contributed by atoms with Crippen molar-refractivity contribution in [3.05, 3.63) is 46.5 Å². The van der Waals surface area contributed by atoms with Gasteiger partial charge in [0, 0.05) is 37.1 Å². The number of anilines is 2. The van der Waals surface area contributed by atoms with Crippen LogP contribution in [0.25, 0.3) is 0 Å². The first-order chi connectivity index (χ1) is 15.3. The Morgan fingerprint density at radius 2 is 2.19 bits per heavy atom. The van der Waals surface area contributed by atoms with Gasteiger partial charge in [-0.1, -0.05) is 0 Å². The van der Waals surface area contributed by atoms with Crippen LogP contribution in [-0.2, 0) is 11.3 Å². The van der Waals surface area contributed by atoms with Gasteiger partial charge in [-0.2, -0.15) is 18.2 Å². The number of hydrogen-bond acceptors (Lipinski definition) is 7. The van der Waals surface area contributed by atoms with Crippen LogP contribution in [0.1, 0.15) is 23.2 Å². The lowest BCUT2D eigenvalue weighted by molar-refractivity contribution is -0.152. The number of aromatic nitrogens is 3. The maximum absolute atomic E-state index is 13.8. The zero-order chi connectivity index (χ0) is 22.5. The summed E-state index contributed by atoms with van der Waals surface area (Å²) < 4.78 is 48.3. The molecule has 5 rings (SSSR count). The topological polar surface area (TPSA) is 89.4 Å². The van der Waals surface area contributed by atoms with Crippen molar-refractivity contribution in [3.63, 3.8) is 0 Å². The maximum Gasteiger partial charge on any atom is 0.408 e. The first kappa shape index (κ1) is 20.9. The van der Waals surface area contributed by atoms with Crippen molar-refractivity contribution in [3.8, 4) is 0 Å². The smallest absolute Gasteiger partial charge is 0.376 e. The Morgan fingerprint density at radius 3 is 2.84 bits per heavy atom. The highest BCUT2D eigenvalue weighted by molar-refractivity contribution is 5.98. The molecule has 4 atom stereocenters. The van der Waals surface area contributed by atoms with Crippen molar-refractivity contribution in [2.75, 3.05) is 29.9 Å². The van der Waals surface area contributed by atoms with E-state index in [1.54, 1.807) is 6.07 Å². The van der Waals surface area contributed by atoms with Gasteiger partial charge in [0.2, 0.25) is 5.95 Å². The predicted molar refractivity (Wildman–Crippen MR) is 109 cm³/mol. The SMILES string of the molecule is O=C(CN1c2nc(NC[C@H]3OC[C@@H]4CC43)cc(=O)n2CC[C@H]1C(F)(F)F)c1cccnc1. The molecule has 1 aliphatic carbocycles. The summed E-state index contributed by atoms with van der Waals surface area (Å²) in [6.07, 6.45) is -1.02. The predicted octanol–water partition coefficient (Wildman–Crippen LogP) is 2.11. The van der Waals surface area contributed by atoms with Gasteiger partial charge in [0.25, 0.3) is 5.56 Å². The third kappa shape index (κ3) is 3.96. The molecule has 1 N–H and O–H groups in total. The number of nitrogens with one attached hydrogen (secondary N) is 1. The van der Waals surface area contributed by atoms with Crippen molar-refractivity contribution in [2.45, 2.75) is 37.7 Å². The number of carbonyl (C=O) groups is 1. The number of ketones is 1. The molecule has 1 saturated carbocycles. The highest BCUT2D eigenvalue weighted by atomic mass is 19.4. The average Bonchev–Trinajstić information content (AvgIpc) is 3.44. The summed E-state index contributed by atoms with van der Waals surface area (Å²) in [7, 11) is 0. The number of hydrogen-bond donors (Lipinski definition) is 1. The Kier molecular flexibility index (Phi) is 5.15. The van der Waals surface area contributed by atoms with E-state index < -0.39 is 30.1 Å². The van der Waals surface area contributed by atoms with Crippen molar-refractivity contribution in [1.29, 1.82) is 0 Å². The lowest BCUT2D eigenvalue weighted by atomic mass is 10.1. The molecule has 2 aromatic rings. The number of halogens is 3. The Bertz CT molecular complexity index is 1070. The zero-order valence-electron chi connectivity index (χ0n) is 17.1. The number of pyridine rings is 1. The van der Waals surface area contributed by atoms with E-state index in [0.717, 1.165) is 17.9 Å². The molecule has 1 unspecified atom stereocenters. The van der Waals surface area contributed by atoms with E-state index in [2.05, 4.69) is 15.3 Å². The van der Waals surface area contributed by atoms with E-state index in [0.29, 0.717) is 18.4 Å². The van der Waals surface area contributed by atoms with Crippen LogP contribution < -0.4 is 15.8 Å². The lowest BCUT2D eigenvalue weighted by Gasteiger charge is -2.38. The van der Waals surface area contributed by atoms with Crippen LogP contribution in [0, 0.1) is 11.8 Å². The van der Waals surface area contributed by atoms with E-state index in [1.807, 2.05) is 0 Å². The van der Waals surface area contributed by atoms with Gasteiger partial charge < -0.3 is 15.0 Å². The molecule has 170 valence electrons. The number of nitrogens with zero attached hydrogens (tertiary/aromatic N) is 4. The van der Waals surface area contributed by atoms with Gasteiger partial charge in [0.05, 0.1) is 19.3 Å². The van der Waals surface area contributed by atoms with Crippen LogP contribution in [-0.4, -0.2) is 58.3 Å². The second-order valence-corrected chi connectivity index (χ2v) is 8.48. The standard InChI is InChI=1S/C21H22F3N5O3/c22-21(23,24)17-3-5-28-19(31)7-18(26-9-16-14-6-13(14)11-32-16)27-20(28)29(17)10-15(30)12-2-1-4-25-8-12/h1-2,4,7-8,13-14,16-17,26H,3,5-6,9-11H2/t13-,14?,16+,17-/m0/s1. The molecule has 11 heteroatoms. The summed E-state index contributed by atoms with van der Waals surface area (Å²) in [6.45, 7) is 0.448. The molecule has 32 heavy (non-hydrogen) atoms. The van der Waals surface area contributed by atoms with Crippen molar-refractivity contribution in [1.82, 2.24) is 14.5 Å². The average molecular weight is 449 g/mol. The minimum Gasteiger partial charge on any atom is -0.376 e. The molecule has 2 aliphatic heterocycles. The molecule has 2 fully saturated rings. The van der Waals surface area contributed by atoms with E-state index in [9.17, 15) is 22.8 Å². The van der Waals surface area contributed by atoms with Crippen LogP contribution in [0.2, 0.25) is 0 Å². The molecular weight excluding hydrogens is 427 g/mol. The lowest BCUT2D eigenvalue weighted by Crippen LogP contribution is -2.54. The Hall–Kier alpha value is -2.95. The molecule has 0 amide bonds. The molecule has 0 spiro atoms. The highest BCUT2D eigenvalue weighted by Gasteiger charge is 2.49. The summed E-state index contributed by atoms with van der Waals surface area (Å²) >= 11 is 0. The van der Waals surface area contributed by atoms with Gasteiger partial charge in [-0.05, 0) is 36.8 Å². The summed E-state index contributed by atoms with van der Waals surface area (Å²) in [5, 5.41) is 3.04. The largest absolute Gasteiger partial charge is 0.408 e. The fourth-order valence-electron chi connectivity index (χ4n) is 4.56. The molecule has 0 bridgehead atoms. The van der Waals surface area contributed by atoms with Crippen LogP contribution in [0.4, 0.5) is 24.9 Å². The third-order valence-electron chi connectivity index (χ3n) is 6.39. The van der Waals surface area contributed by atoms with E-state index in [1.165, 1.54) is 29.1 Å². The summed E-state index contributed by atoms with van der Waals surface area (Å²) in [4.78, 5) is 34.4. The minimum absolute atomic E-state index is 0.00627. The van der Waals surface area contributed by atoms with E-state index in [-0.39, 0.29) is 36.4 Å². The Morgan fingerprint density at radius 1 is 1.34 bits per heavy atom. The van der Waals surface area contributed by atoms with Crippen LogP contribution in [0.5, 0.6) is 0 Å². The van der Waals surface area contributed by atoms with Gasteiger partial charge in [0.15, 0.2) is 5.78 Å². The zero-order valence-corrected chi connectivity index (χ0v) is 17.1. The Labute approximate surface area is 181 Å². The highest BCUT2D eigenvalue weighted by Crippen LogP contribution is 2.47. The number of alkyl halides is 3. The Balaban J connectivity index is 1.44.